The van der Waals surface area contributed by atoms with Crippen molar-refractivity contribution in [3.63, 3.8) is 0 Å². The summed E-state index contributed by atoms with van der Waals surface area (Å²) in [5.74, 6) is 5.79. The number of hydrogen-bond acceptors (Lipinski definition) is 6. The van der Waals surface area contributed by atoms with Gasteiger partial charge >= 0.3 is 0 Å². The Kier molecular flexibility index (Phi) is 6.38. The number of nitrogens with one attached hydrogen (secondary N) is 1. The maximum Gasteiger partial charge on any atom is 0.255 e. The van der Waals surface area contributed by atoms with Crippen molar-refractivity contribution >= 4 is 23.1 Å². The molecule has 3 N–H and O–H groups in total. The lowest BCUT2D eigenvalue weighted by molar-refractivity contribution is -0.127. The van der Waals surface area contributed by atoms with Gasteiger partial charge < -0.3 is 25.1 Å². The molecular weight excluding hydrogens is 434 g/mol. The Morgan fingerprint density at radius 3 is 2.85 bits per heavy atom. The minimum absolute atomic E-state index is 0.135. The summed E-state index contributed by atoms with van der Waals surface area (Å²) in [6.07, 6.45) is 5.36. The molecule has 176 valence electrons. The van der Waals surface area contributed by atoms with Crippen LogP contribution in [0.25, 0.3) is 5.52 Å². The quantitative estimate of drug-likeness (QED) is 0.422. The molecule has 10 heteroatoms. The first kappa shape index (κ1) is 23.1. The highest BCUT2D eigenvalue weighted by atomic mass is 16.5. The highest BCUT2D eigenvalue weighted by Gasteiger charge is 2.37. The normalized spacial score (nSPS) is 17.4. The lowest BCUT2D eigenvalue weighted by atomic mass is 10.1. The molecule has 1 fully saturated rings. The summed E-state index contributed by atoms with van der Waals surface area (Å²) in [6, 6.07) is 3.53. The number of likely N-dealkylation sites (tertiary alicyclic amines) is 1. The number of fused-ring (bicyclic) bond motifs is 1. The van der Waals surface area contributed by atoms with Crippen LogP contribution in [0.1, 0.15) is 39.8 Å². The van der Waals surface area contributed by atoms with Crippen LogP contribution < -0.4 is 11.1 Å². The fraction of sp³-hybridized carbons (Fsp3) is 0.333. The summed E-state index contributed by atoms with van der Waals surface area (Å²) in [5.41, 5.74) is 8.85. The summed E-state index contributed by atoms with van der Waals surface area (Å²) in [6.45, 7) is 6.36. The zero-order valence-corrected chi connectivity index (χ0v) is 19.4. The number of carbonyl (C=O) groups excluding carboxylic acids is 2. The molecule has 0 aromatic carbocycles. The maximum absolute atomic E-state index is 12.4. The SMILES string of the molecule is C=CC(=O)N1C[C@@H](n2nc(C#Cc3ccc(C)n4cncc34)c(C(N)=O)c2NC)C[C@@H]1COC. The number of ether oxygens (including phenoxy) is 1. The number of carbonyl (C=O) groups is 2. The molecule has 2 atom stereocenters. The number of hydrogen-bond donors (Lipinski definition) is 2. The third kappa shape index (κ3) is 4.02. The number of pyridine rings is 1. The second-order valence-electron chi connectivity index (χ2n) is 8.11. The second-order valence-corrected chi connectivity index (χ2v) is 8.11. The molecule has 0 aliphatic carbocycles. The number of nitrogens with zero attached hydrogens (tertiary/aromatic N) is 5. The Morgan fingerprint density at radius 1 is 1.38 bits per heavy atom. The van der Waals surface area contributed by atoms with E-state index in [0.29, 0.717) is 25.4 Å². The first-order valence-electron chi connectivity index (χ1n) is 10.8. The van der Waals surface area contributed by atoms with Crippen molar-refractivity contribution in [2.24, 2.45) is 5.73 Å². The Bertz CT molecular complexity index is 1330. The molecule has 4 rings (SSSR count). The minimum Gasteiger partial charge on any atom is -0.383 e. The van der Waals surface area contributed by atoms with Crippen molar-refractivity contribution in [3.8, 4) is 11.8 Å². The lowest BCUT2D eigenvalue weighted by Crippen LogP contribution is -2.37. The predicted molar refractivity (Wildman–Crippen MR) is 127 cm³/mol. The van der Waals surface area contributed by atoms with Crippen molar-refractivity contribution in [1.82, 2.24) is 24.1 Å². The molecule has 0 bridgehead atoms. The Hall–Kier alpha value is -4.10. The molecule has 34 heavy (non-hydrogen) atoms. The molecule has 0 radical (unpaired) electrons. The molecule has 1 saturated heterocycles. The summed E-state index contributed by atoms with van der Waals surface area (Å²) in [4.78, 5) is 30.7. The summed E-state index contributed by atoms with van der Waals surface area (Å²) in [7, 11) is 3.29. The van der Waals surface area contributed by atoms with Crippen molar-refractivity contribution in [1.29, 1.82) is 0 Å². The van der Waals surface area contributed by atoms with Crippen molar-refractivity contribution in [3.05, 3.63) is 59.8 Å². The van der Waals surface area contributed by atoms with Gasteiger partial charge in [-0.05, 0) is 37.5 Å². The maximum atomic E-state index is 12.4. The van der Waals surface area contributed by atoms with E-state index in [1.165, 1.54) is 6.08 Å². The number of anilines is 1. The Labute approximate surface area is 197 Å². The molecule has 0 saturated carbocycles. The number of imidazole rings is 1. The van der Waals surface area contributed by atoms with E-state index < -0.39 is 5.91 Å². The smallest absolute Gasteiger partial charge is 0.255 e. The van der Waals surface area contributed by atoms with Crippen molar-refractivity contribution < 1.29 is 14.3 Å². The van der Waals surface area contributed by atoms with Crippen LogP contribution in [0.2, 0.25) is 0 Å². The average Bonchev–Trinajstić information content (AvgIpc) is 3.55. The summed E-state index contributed by atoms with van der Waals surface area (Å²) < 4.78 is 8.95. The van der Waals surface area contributed by atoms with Crippen molar-refractivity contribution in [2.75, 3.05) is 32.6 Å². The van der Waals surface area contributed by atoms with E-state index >= 15 is 0 Å². The fourth-order valence-electron chi connectivity index (χ4n) is 4.44. The highest BCUT2D eigenvalue weighted by molar-refractivity contribution is 6.00. The van der Waals surface area contributed by atoms with Crippen LogP contribution in [0.5, 0.6) is 0 Å². The van der Waals surface area contributed by atoms with Gasteiger partial charge in [-0.3, -0.25) is 9.59 Å². The monoisotopic (exact) mass is 461 g/mol. The van der Waals surface area contributed by atoms with Gasteiger partial charge in [-0.25, -0.2) is 9.67 Å². The minimum atomic E-state index is -0.635. The fourth-order valence-corrected chi connectivity index (χ4v) is 4.44. The van der Waals surface area contributed by atoms with Crippen LogP contribution in [-0.4, -0.2) is 69.2 Å². The van der Waals surface area contributed by atoms with Gasteiger partial charge in [0, 0.05) is 26.4 Å². The van der Waals surface area contributed by atoms with Gasteiger partial charge in [0.05, 0.1) is 42.3 Å². The molecular formula is C24H27N7O3. The lowest BCUT2D eigenvalue weighted by Gasteiger charge is -2.22. The zero-order valence-electron chi connectivity index (χ0n) is 19.4. The first-order chi connectivity index (χ1) is 16.4. The molecule has 1 aliphatic heterocycles. The molecule has 0 unspecified atom stereocenters. The second kappa shape index (κ2) is 9.41. The first-order valence-corrected chi connectivity index (χ1v) is 10.8. The third-order valence-electron chi connectivity index (χ3n) is 6.05. The number of methoxy groups -OCH3 is 1. The van der Waals surface area contributed by atoms with E-state index in [0.717, 1.165) is 16.8 Å². The summed E-state index contributed by atoms with van der Waals surface area (Å²) >= 11 is 0. The molecule has 1 aliphatic rings. The van der Waals surface area contributed by atoms with Crippen LogP contribution in [0.4, 0.5) is 5.82 Å². The van der Waals surface area contributed by atoms with Gasteiger partial charge in [0.1, 0.15) is 11.4 Å². The van der Waals surface area contributed by atoms with Crippen molar-refractivity contribution in [2.45, 2.75) is 25.4 Å². The van der Waals surface area contributed by atoms with Gasteiger partial charge in [-0.2, -0.15) is 5.10 Å². The Morgan fingerprint density at radius 2 is 2.18 bits per heavy atom. The van der Waals surface area contributed by atoms with Gasteiger partial charge in [0.2, 0.25) is 5.91 Å². The van der Waals surface area contributed by atoms with E-state index in [1.807, 2.05) is 23.5 Å². The van der Waals surface area contributed by atoms with Gasteiger partial charge in [0.15, 0.2) is 5.69 Å². The predicted octanol–water partition coefficient (Wildman–Crippen LogP) is 1.35. The number of primary amides is 1. The molecule has 3 aromatic heterocycles. The number of aromatic nitrogens is 4. The molecule has 10 nitrogen and oxygen atoms in total. The highest BCUT2D eigenvalue weighted by Crippen LogP contribution is 2.32. The van der Waals surface area contributed by atoms with Crippen LogP contribution in [0.3, 0.4) is 0 Å². The molecule has 0 spiro atoms. The third-order valence-corrected chi connectivity index (χ3v) is 6.05. The van der Waals surface area contributed by atoms with E-state index in [9.17, 15) is 9.59 Å². The standard InChI is InChI=1S/C24H27N7O3/c1-5-21(32)29-12-17(10-18(29)13-34-4)31-24(26-3)22(23(25)33)19(28-31)9-8-16-7-6-15(2)30-14-27-11-20(16)30/h5-7,11,14,17-18,26H,1,10,12-13H2,2-4H3,(H2,25,33)/t17-,18+/m0/s1. The van der Waals surface area contributed by atoms with Crippen LogP contribution in [0, 0.1) is 18.8 Å². The largest absolute Gasteiger partial charge is 0.383 e. The van der Waals surface area contributed by atoms with Crippen LogP contribution >= 0.6 is 0 Å². The van der Waals surface area contributed by atoms with E-state index in [4.69, 9.17) is 10.5 Å². The van der Waals surface area contributed by atoms with Gasteiger partial charge in [-0.15, -0.1) is 0 Å². The van der Waals surface area contributed by atoms with Gasteiger partial charge in [-0.1, -0.05) is 12.5 Å². The zero-order chi connectivity index (χ0) is 24.4. The Balaban J connectivity index is 1.76. The van der Waals surface area contributed by atoms with E-state index in [1.54, 1.807) is 36.3 Å². The van der Waals surface area contributed by atoms with E-state index in [2.05, 4.69) is 33.8 Å². The molecule has 2 amide bonds. The molecule has 4 heterocycles. The number of rotatable bonds is 6. The molecule has 3 aromatic rings. The van der Waals surface area contributed by atoms with E-state index in [-0.39, 0.29) is 29.2 Å². The van der Waals surface area contributed by atoms with Gasteiger partial charge in [0.25, 0.3) is 5.91 Å². The topological polar surface area (TPSA) is 120 Å². The van der Waals surface area contributed by atoms with Crippen LogP contribution in [-0.2, 0) is 9.53 Å². The van der Waals surface area contributed by atoms with Crippen LogP contribution in [0.15, 0.2) is 37.3 Å². The summed E-state index contributed by atoms with van der Waals surface area (Å²) in [5, 5.41) is 7.69. The average molecular weight is 462 g/mol. The number of amides is 2. The number of nitrogens with two attached hydrogens (primary N) is 1. The number of aryl methyl sites for hydroxylation is 1.